The first-order chi connectivity index (χ1) is 11.2. The fourth-order valence-corrected chi connectivity index (χ4v) is 3.54. The van der Waals surface area contributed by atoms with Crippen molar-refractivity contribution in [1.29, 1.82) is 0 Å². The van der Waals surface area contributed by atoms with E-state index >= 15 is 0 Å². The van der Waals surface area contributed by atoms with E-state index in [4.69, 9.17) is 10.7 Å². The lowest BCUT2D eigenvalue weighted by atomic mass is 9.94. The van der Waals surface area contributed by atoms with E-state index in [0.29, 0.717) is 24.7 Å². The summed E-state index contributed by atoms with van der Waals surface area (Å²) in [7, 11) is 2.09. The van der Waals surface area contributed by atoms with Crippen molar-refractivity contribution in [2.75, 3.05) is 18.5 Å². The Bertz CT molecular complexity index is 719. The minimum Gasteiger partial charge on any atom is -0.356 e. The second-order valence-corrected chi connectivity index (χ2v) is 6.44. The average Bonchev–Trinajstić information content (AvgIpc) is 2.61. The molecule has 0 spiro atoms. The lowest BCUT2D eigenvalue weighted by Gasteiger charge is -2.33. The first kappa shape index (κ1) is 16.0. The van der Waals surface area contributed by atoms with Gasteiger partial charge in [0.15, 0.2) is 0 Å². The molecule has 0 unspecified atom stereocenters. The van der Waals surface area contributed by atoms with Gasteiger partial charge < -0.3 is 10.6 Å². The molecule has 2 heterocycles. The summed E-state index contributed by atoms with van der Waals surface area (Å²) in [6.45, 7) is 0.587. The summed E-state index contributed by atoms with van der Waals surface area (Å²) < 4.78 is 1.64. The maximum absolute atomic E-state index is 12.9. The van der Waals surface area contributed by atoms with Crippen molar-refractivity contribution in [1.82, 2.24) is 9.38 Å². The van der Waals surface area contributed by atoms with Gasteiger partial charge in [-0.15, -0.1) is 0 Å². The second kappa shape index (κ2) is 7.13. The highest BCUT2D eigenvalue weighted by Crippen LogP contribution is 2.27. The van der Waals surface area contributed by atoms with Gasteiger partial charge in [-0.05, 0) is 44.4 Å². The van der Waals surface area contributed by atoms with Gasteiger partial charge in [-0.25, -0.2) is 4.98 Å². The molecule has 0 atom stereocenters. The number of hydrogen-bond acceptors (Lipinski definition) is 4. The van der Waals surface area contributed by atoms with Crippen LogP contribution in [0.15, 0.2) is 29.2 Å². The highest BCUT2D eigenvalue weighted by atomic mass is 16.1. The van der Waals surface area contributed by atoms with Crippen LogP contribution in [0.4, 0.5) is 5.82 Å². The van der Waals surface area contributed by atoms with E-state index in [1.165, 1.54) is 32.1 Å². The highest BCUT2D eigenvalue weighted by molar-refractivity contribution is 5.53. The van der Waals surface area contributed by atoms with Crippen LogP contribution in [0, 0.1) is 0 Å². The Morgan fingerprint density at radius 1 is 1.30 bits per heavy atom. The predicted octanol–water partition coefficient (Wildman–Crippen LogP) is 2.35. The lowest BCUT2D eigenvalue weighted by Crippen LogP contribution is -2.37. The molecule has 1 aliphatic rings. The third kappa shape index (κ3) is 3.24. The van der Waals surface area contributed by atoms with E-state index in [-0.39, 0.29) is 5.56 Å². The molecule has 2 aromatic rings. The Morgan fingerprint density at radius 2 is 2.09 bits per heavy atom. The summed E-state index contributed by atoms with van der Waals surface area (Å²) >= 11 is 0. The number of pyridine rings is 1. The van der Waals surface area contributed by atoms with Crippen LogP contribution < -0.4 is 16.2 Å². The van der Waals surface area contributed by atoms with Crippen LogP contribution >= 0.6 is 0 Å². The quantitative estimate of drug-likeness (QED) is 0.920. The van der Waals surface area contributed by atoms with E-state index in [0.717, 1.165) is 17.8 Å². The molecule has 2 N–H and O–H groups in total. The summed E-state index contributed by atoms with van der Waals surface area (Å²) in [4.78, 5) is 19.9. The molecular weight excluding hydrogens is 288 g/mol. The zero-order valence-corrected chi connectivity index (χ0v) is 13.9. The molecule has 5 heteroatoms. The molecule has 2 aromatic heterocycles. The fourth-order valence-electron chi connectivity index (χ4n) is 3.54. The molecule has 1 fully saturated rings. The van der Waals surface area contributed by atoms with Crippen LogP contribution in [0.25, 0.3) is 5.65 Å². The third-order valence-electron chi connectivity index (χ3n) is 4.89. The third-order valence-corrected chi connectivity index (χ3v) is 4.89. The van der Waals surface area contributed by atoms with Crippen LogP contribution in [-0.2, 0) is 6.42 Å². The van der Waals surface area contributed by atoms with Gasteiger partial charge in [0.2, 0.25) is 0 Å². The largest absolute Gasteiger partial charge is 0.356 e. The lowest BCUT2D eigenvalue weighted by molar-refractivity contribution is 0.425. The molecule has 3 rings (SSSR count). The van der Waals surface area contributed by atoms with Gasteiger partial charge >= 0.3 is 0 Å². The number of aromatic nitrogens is 2. The van der Waals surface area contributed by atoms with Gasteiger partial charge in [0.25, 0.3) is 5.56 Å². The van der Waals surface area contributed by atoms with Gasteiger partial charge in [0.05, 0.1) is 5.56 Å². The normalized spacial score (nSPS) is 15.9. The number of fused-ring (bicyclic) bond motifs is 1. The summed E-state index contributed by atoms with van der Waals surface area (Å²) in [6.07, 6.45) is 9.50. The molecule has 23 heavy (non-hydrogen) atoms. The van der Waals surface area contributed by atoms with Gasteiger partial charge in [-0.2, -0.15) is 0 Å². The van der Waals surface area contributed by atoms with E-state index in [2.05, 4.69) is 11.9 Å². The molecular formula is C18H26N4O. The van der Waals surface area contributed by atoms with Gasteiger partial charge in [-0.3, -0.25) is 9.20 Å². The number of hydrogen-bond donors (Lipinski definition) is 1. The Hall–Kier alpha value is -1.88. The molecule has 1 saturated carbocycles. The summed E-state index contributed by atoms with van der Waals surface area (Å²) in [5.41, 5.74) is 7.22. The van der Waals surface area contributed by atoms with E-state index in [9.17, 15) is 4.79 Å². The fraction of sp³-hybridized carbons (Fsp3) is 0.556. The molecule has 5 nitrogen and oxygen atoms in total. The molecule has 0 saturated heterocycles. The monoisotopic (exact) mass is 314 g/mol. The smallest absolute Gasteiger partial charge is 0.263 e. The van der Waals surface area contributed by atoms with Gasteiger partial charge in [-0.1, -0.05) is 25.3 Å². The molecule has 0 aromatic carbocycles. The van der Waals surface area contributed by atoms with Crippen molar-refractivity contribution in [2.45, 2.75) is 51.0 Å². The number of nitrogens with two attached hydrogens (primary N) is 1. The van der Waals surface area contributed by atoms with Gasteiger partial charge in [0, 0.05) is 19.3 Å². The summed E-state index contributed by atoms with van der Waals surface area (Å²) in [6, 6.07) is 6.17. The Kier molecular flexibility index (Phi) is 4.96. The van der Waals surface area contributed by atoms with Crippen LogP contribution in [0.3, 0.4) is 0 Å². The number of nitrogens with zero attached hydrogens (tertiary/aromatic N) is 3. The predicted molar refractivity (Wildman–Crippen MR) is 94.1 cm³/mol. The topological polar surface area (TPSA) is 63.6 Å². The number of rotatable bonds is 5. The second-order valence-electron chi connectivity index (χ2n) is 6.44. The standard InChI is InChI=1S/C18H26N4O/c1-21(14-8-3-2-4-9-14)17-15(10-7-12-19)18(23)22-13-6-5-11-16(22)20-17/h5-6,11,13-14H,2-4,7-10,12,19H2,1H3. The average molecular weight is 314 g/mol. The SMILES string of the molecule is CN(c1nc2ccccn2c(=O)c1CCCN)C1CCCCC1. The highest BCUT2D eigenvalue weighted by Gasteiger charge is 2.23. The first-order valence-electron chi connectivity index (χ1n) is 8.65. The minimum atomic E-state index is 0.0432. The van der Waals surface area contributed by atoms with Crippen molar-refractivity contribution >= 4 is 11.5 Å². The van der Waals surface area contributed by atoms with Crippen molar-refractivity contribution in [3.8, 4) is 0 Å². The van der Waals surface area contributed by atoms with E-state index in [1.807, 2.05) is 18.2 Å². The minimum absolute atomic E-state index is 0.0432. The molecule has 0 radical (unpaired) electrons. The van der Waals surface area contributed by atoms with Crippen LogP contribution in [-0.4, -0.2) is 29.0 Å². The van der Waals surface area contributed by atoms with Gasteiger partial charge in [0.1, 0.15) is 11.5 Å². The molecule has 0 aliphatic heterocycles. The van der Waals surface area contributed by atoms with Crippen LogP contribution in [0.5, 0.6) is 0 Å². The maximum atomic E-state index is 12.9. The van der Waals surface area contributed by atoms with Crippen molar-refractivity contribution in [3.63, 3.8) is 0 Å². The summed E-state index contributed by atoms with van der Waals surface area (Å²) in [5.74, 6) is 0.849. The Morgan fingerprint density at radius 3 is 2.83 bits per heavy atom. The molecule has 0 bridgehead atoms. The molecule has 0 amide bonds. The molecule has 1 aliphatic carbocycles. The maximum Gasteiger partial charge on any atom is 0.263 e. The van der Waals surface area contributed by atoms with Crippen LogP contribution in [0.1, 0.15) is 44.1 Å². The zero-order valence-electron chi connectivity index (χ0n) is 13.9. The van der Waals surface area contributed by atoms with Crippen molar-refractivity contribution in [3.05, 3.63) is 40.3 Å². The Labute approximate surface area is 137 Å². The molecule has 124 valence electrons. The summed E-state index contributed by atoms with van der Waals surface area (Å²) in [5, 5.41) is 0. The zero-order chi connectivity index (χ0) is 16.2. The van der Waals surface area contributed by atoms with Crippen molar-refractivity contribution in [2.24, 2.45) is 5.73 Å². The number of anilines is 1. The van der Waals surface area contributed by atoms with E-state index < -0.39 is 0 Å². The van der Waals surface area contributed by atoms with Crippen LogP contribution in [0.2, 0.25) is 0 Å². The Balaban J connectivity index is 2.07. The van der Waals surface area contributed by atoms with E-state index in [1.54, 1.807) is 10.6 Å². The first-order valence-corrected chi connectivity index (χ1v) is 8.65. The van der Waals surface area contributed by atoms with Crippen molar-refractivity contribution < 1.29 is 0 Å².